The lowest BCUT2D eigenvalue weighted by Gasteiger charge is -2.35. The van der Waals surface area contributed by atoms with Crippen LogP contribution in [0.3, 0.4) is 0 Å². The highest BCUT2D eigenvalue weighted by Crippen LogP contribution is 2.52. The molecule has 3 heteroatoms. The first-order valence-corrected chi connectivity index (χ1v) is 23.0. The SMILES string of the molecule is CC1(C)c2ccccc2-c2c1ccc1c3ccccc3n(-c3cccc([Si](c4ccccc4)(c4ccccc4)c4cccc(-n5c6ccccc6c6ccccc65)c4)c3)c21. The molecule has 11 aromatic rings. The molecule has 284 valence electrons. The molecule has 0 amide bonds. The summed E-state index contributed by atoms with van der Waals surface area (Å²) in [6, 6.07) is 82.0. The highest BCUT2D eigenvalue weighted by Gasteiger charge is 2.42. The molecule has 2 nitrogen and oxygen atoms in total. The highest BCUT2D eigenvalue weighted by atomic mass is 28.3. The smallest absolute Gasteiger partial charge is 0.179 e. The molecule has 60 heavy (non-hydrogen) atoms. The van der Waals surface area contributed by atoms with Crippen molar-refractivity contribution in [3.05, 3.63) is 230 Å². The number of fused-ring (bicyclic) bond motifs is 10. The lowest BCUT2D eigenvalue weighted by atomic mass is 9.82. The summed E-state index contributed by atoms with van der Waals surface area (Å²) in [4.78, 5) is 0. The summed E-state index contributed by atoms with van der Waals surface area (Å²) in [6.07, 6.45) is 0. The van der Waals surface area contributed by atoms with Crippen molar-refractivity contribution in [3.8, 4) is 22.5 Å². The Labute approximate surface area is 351 Å². The van der Waals surface area contributed by atoms with E-state index in [2.05, 4.69) is 241 Å². The predicted molar refractivity (Wildman–Crippen MR) is 256 cm³/mol. The summed E-state index contributed by atoms with van der Waals surface area (Å²) in [5, 5.41) is 10.5. The van der Waals surface area contributed by atoms with Crippen molar-refractivity contribution in [2.75, 3.05) is 0 Å². The van der Waals surface area contributed by atoms with Crippen molar-refractivity contribution in [2.24, 2.45) is 0 Å². The molecular formula is C57H42N2Si. The van der Waals surface area contributed by atoms with Gasteiger partial charge in [0.25, 0.3) is 0 Å². The number of para-hydroxylation sites is 3. The second-order valence-electron chi connectivity index (χ2n) is 16.9. The third kappa shape index (κ3) is 4.81. The molecule has 1 aliphatic carbocycles. The highest BCUT2D eigenvalue weighted by molar-refractivity contribution is 7.20. The Morgan fingerprint density at radius 2 is 0.800 bits per heavy atom. The number of nitrogens with zero attached hydrogens (tertiary/aromatic N) is 2. The zero-order valence-corrected chi connectivity index (χ0v) is 34.7. The predicted octanol–water partition coefficient (Wildman–Crippen LogP) is 11.6. The zero-order valence-electron chi connectivity index (χ0n) is 33.7. The quantitative estimate of drug-likeness (QED) is 0.117. The van der Waals surface area contributed by atoms with E-state index in [9.17, 15) is 0 Å². The fourth-order valence-electron chi connectivity index (χ4n) is 10.8. The second-order valence-corrected chi connectivity index (χ2v) is 20.7. The van der Waals surface area contributed by atoms with Gasteiger partial charge in [-0.2, -0.15) is 0 Å². The van der Waals surface area contributed by atoms with Gasteiger partial charge in [0.2, 0.25) is 0 Å². The van der Waals surface area contributed by atoms with E-state index in [0.717, 1.165) is 0 Å². The molecule has 0 saturated heterocycles. The van der Waals surface area contributed by atoms with Crippen LogP contribution in [0.2, 0.25) is 0 Å². The fourth-order valence-corrected chi connectivity index (χ4v) is 15.7. The van der Waals surface area contributed by atoms with Crippen LogP contribution in [-0.4, -0.2) is 17.2 Å². The molecule has 0 saturated carbocycles. The molecule has 0 fully saturated rings. The fraction of sp³-hybridized carbons (Fsp3) is 0.0526. The lowest BCUT2D eigenvalue weighted by molar-refractivity contribution is 0.661. The summed E-state index contributed by atoms with van der Waals surface area (Å²) in [5.74, 6) is 0. The van der Waals surface area contributed by atoms with Gasteiger partial charge in [-0.1, -0.05) is 190 Å². The molecule has 9 aromatic carbocycles. The molecule has 0 N–H and O–H groups in total. The molecule has 12 rings (SSSR count). The Balaban J connectivity index is 1.17. The first-order chi connectivity index (χ1) is 29.5. The maximum atomic E-state index is 2.56. The Bertz CT molecular complexity index is 3370. The van der Waals surface area contributed by atoms with Gasteiger partial charge in [-0.3, -0.25) is 0 Å². The van der Waals surface area contributed by atoms with Crippen LogP contribution in [0.5, 0.6) is 0 Å². The Morgan fingerprint density at radius 3 is 1.38 bits per heavy atom. The van der Waals surface area contributed by atoms with E-state index in [0.29, 0.717) is 0 Å². The van der Waals surface area contributed by atoms with Crippen molar-refractivity contribution >= 4 is 72.4 Å². The van der Waals surface area contributed by atoms with Crippen LogP contribution in [0.15, 0.2) is 218 Å². The Kier molecular flexibility index (Phi) is 7.63. The second kappa shape index (κ2) is 13.2. The van der Waals surface area contributed by atoms with Crippen LogP contribution >= 0.6 is 0 Å². The third-order valence-electron chi connectivity index (χ3n) is 13.4. The van der Waals surface area contributed by atoms with Crippen molar-refractivity contribution < 1.29 is 0 Å². The third-order valence-corrected chi connectivity index (χ3v) is 18.2. The van der Waals surface area contributed by atoms with Crippen LogP contribution in [-0.2, 0) is 5.41 Å². The van der Waals surface area contributed by atoms with Gasteiger partial charge >= 0.3 is 0 Å². The minimum Gasteiger partial charge on any atom is -0.309 e. The number of hydrogen-bond acceptors (Lipinski definition) is 0. The molecule has 0 unspecified atom stereocenters. The molecule has 0 aliphatic heterocycles. The number of benzene rings is 9. The standard InChI is InChI=1S/C57H42N2Si/c1-57(2)50-31-13-9-30-49(50)55-51(57)36-35-48-47-29-12-16-34-54(47)59(56(48)55)40-20-18-26-44(38-40)60(41-21-5-3-6-22-41,42-23-7-4-8-24-42)43-25-17-19-39(37-43)58-52-32-14-10-27-45(52)46-28-11-15-33-53(46)58/h3-38H,1-2H3. The van der Waals surface area contributed by atoms with E-state index < -0.39 is 8.07 Å². The molecule has 1 aliphatic rings. The van der Waals surface area contributed by atoms with Gasteiger partial charge in [0.05, 0.1) is 22.1 Å². The van der Waals surface area contributed by atoms with E-state index in [1.807, 2.05) is 0 Å². The van der Waals surface area contributed by atoms with Crippen molar-refractivity contribution in [1.82, 2.24) is 9.13 Å². The van der Waals surface area contributed by atoms with Gasteiger partial charge in [0.15, 0.2) is 8.07 Å². The zero-order chi connectivity index (χ0) is 40.0. The van der Waals surface area contributed by atoms with Gasteiger partial charge in [0.1, 0.15) is 0 Å². The van der Waals surface area contributed by atoms with Crippen LogP contribution in [0.25, 0.3) is 66.1 Å². The molecular weight excluding hydrogens is 741 g/mol. The maximum absolute atomic E-state index is 2.99. The average molecular weight is 783 g/mol. The summed E-state index contributed by atoms with van der Waals surface area (Å²) in [7, 11) is -2.99. The van der Waals surface area contributed by atoms with Gasteiger partial charge in [-0.15, -0.1) is 0 Å². The van der Waals surface area contributed by atoms with Gasteiger partial charge in [-0.25, -0.2) is 0 Å². The van der Waals surface area contributed by atoms with E-state index in [4.69, 9.17) is 0 Å². The largest absolute Gasteiger partial charge is 0.309 e. The lowest BCUT2D eigenvalue weighted by Crippen LogP contribution is -2.74. The number of aromatic nitrogens is 2. The van der Waals surface area contributed by atoms with Crippen molar-refractivity contribution in [1.29, 1.82) is 0 Å². The maximum Gasteiger partial charge on any atom is 0.179 e. The van der Waals surface area contributed by atoms with E-state index >= 15 is 0 Å². The van der Waals surface area contributed by atoms with Gasteiger partial charge < -0.3 is 9.13 Å². The summed E-state index contributed by atoms with van der Waals surface area (Å²) in [6.45, 7) is 4.76. The molecule has 0 atom stereocenters. The first-order valence-electron chi connectivity index (χ1n) is 21.0. The molecule has 2 heterocycles. The minimum atomic E-state index is -2.99. The van der Waals surface area contributed by atoms with E-state index in [1.54, 1.807) is 0 Å². The normalized spacial score (nSPS) is 13.3. The Morgan fingerprint density at radius 1 is 0.350 bits per heavy atom. The van der Waals surface area contributed by atoms with Gasteiger partial charge in [0, 0.05) is 43.9 Å². The minimum absolute atomic E-state index is 0.104. The van der Waals surface area contributed by atoms with E-state index in [-0.39, 0.29) is 5.41 Å². The monoisotopic (exact) mass is 782 g/mol. The molecule has 0 spiro atoms. The van der Waals surface area contributed by atoms with Crippen molar-refractivity contribution in [3.63, 3.8) is 0 Å². The van der Waals surface area contributed by atoms with E-state index in [1.165, 1.54) is 98.0 Å². The average Bonchev–Trinajstić information content (AvgIpc) is 3.91. The number of rotatable bonds is 6. The van der Waals surface area contributed by atoms with Crippen LogP contribution < -0.4 is 20.7 Å². The topological polar surface area (TPSA) is 9.86 Å². The van der Waals surface area contributed by atoms with Crippen LogP contribution in [0.1, 0.15) is 25.0 Å². The molecule has 2 aromatic heterocycles. The summed E-state index contributed by atoms with van der Waals surface area (Å²) < 4.78 is 5.02. The first kappa shape index (κ1) is 34.8. The number of hydrogen-bond donors (Lipinski definition) is 0. The summed E-state index contributed by atoms with van der Waals surface area (Å²) >= 11 is 0. The molecule has 0 radical (unpaired) electrons. The molecule has 0 bridgehead atoms. The Hall–Kier alpha value is -7.20. The summed E-state index contributed by atoms with van der Waals surface area (Å²) in [5.41, 5.74) is 12.6. The van der Waals surface area contributed by atoms with Gasteiger partial charge in [-0.05, 0) is 79.9 Å². The van der Waals surface area contributed by atoms with Crippen LogP contribution in [0.4, 0.5) is 0 Å². The van der Waals surface area contributed by atoms with Crippen molar-refractivity contribution in [2.45, 2.75) is 19.3 Å². The van der Waals surface area contributed by atoms with Crippen LogP contribution in [0, 0.1) is 0 Å².